The summed E-state index contributed by atoms with van der Waals surface area (Å²) in [5.74, 6) is 0.668. The van der Waals surface area contributed by atoms with Gasteiger partial charge >= 0.3 is 0 Å². The molecule has 1 aromatic rings. The van der Waals surface area contributed by atoms with Gasteiger partial charge < -0.3 is 15.2 Å². The summed E-state index contributed by atoms with van der Waals surface area (Å²) >= 11 is 0. The van der Waals surface area contributed by atoms with E-state index in [0.717, 1.165) is 5.75 Å². The number of nitrogens with one attached hydrogen (secondary N) is 1. The zero-order chi connectivity index (χ0) is 13.5. The van der Waals surface area contributed by atoms with E-state index >= 15 is 0 Å². The Morgan fingerprint density at radius 1 is 1.39 bits per heavy atom. The lowest BCUT2D eigenvalue weighted by Crippen LogP contribution is -2.31. The number of hydrogen-bond acceptors (Lipinski definition) is 3. The number of benzene rings is 1. The molecule has 1 aromatic carbocycles. The molecule has 0 bridgehead atoms. The minimum Gasteiger partial charge on any atom is -0.493 e. The normalized spacial score (nSPS) is 12.0. The van der Waals surface area contributed by atoms with Crippen molar-refractivity contribution in [3.05, 3.63) is 29.3 Å². The lowest BCUT2D eigenvalue weighted by atomic mass is 10.1. The molecule has 1 amide bonds. The van der Waals surface area contributed by atoms with Gasteiger partial charge in [0.1, 0.15) is 5.75 Å². The van der Waals surface area contributed by atoms with Crippen LogP contribution in [0.5, 0.6) is 5.75 Å². The van der Waals surface area contributed by atoms with E-state index in [9.17, 15) is 4.79 Å². The van der Waals surface area contributed by atoms with Crippen molar-refractivity contribution >= 4 is 5.91 Å². The first-order valence-electron chi connectivity index (χ1n) is 6.14. The molecule has 4 heteroatoms. The molecule has 0 aliphatic heterocycles. The van der Waals surface area contributed by atoms with Gasteiger partial charge in [-0.15, -0.1) is 0 Å². The molecule has 0 spiro atoms. The highest BCUT2D eigenvalue weighted by molar-refractivity contribution is 5.75. The monoisotopic (exact) mass is 251 g/mol. The average molecular weight is 251 g/mol. The first-order valence-corrected chi connectivity index (χ1v) is 6.14. The molecule has 4 nitrogen and oxygen atoms in total. The predicted octanol–water partition coefficient (Wildman–Crippen LogP) is 1.57. The molecular weight excluding hydrogens is 230 g/mol. The molecule has 0 aromatic heterocycles. The van der Waals surface area contributed by atoms with Crippen molar-refractivity contribution in [3.63, 3.8) is 0 Å². The van der Waals surface area contributed by atoms with Gasteiger partial charge in [-0.05, 0) is 44.0 Å². The summed E-state index contributed by atoms with van der Waals surface area (Å²) in [6.45, 7) is 6.32. The minimum atomic E-state index is -0.519. The first kappa shape index (κ1) is 14.5. The maximum Gasteiger partial charge on any atom is 0.223 e. The van der Waals surface area contributed by atoms with Crippen LogP contribution in [0, 0.1) is 13.8 Å². The van der Waals surface area contributed by atoms with Gasteiger partial charge in [-0.3, -0.25) is 4.79 Å². The van der Waals surface area contributed by atoms with Gasteiger partial charge in [-0.2, -0.15) is 0 Å². The lowest BCUT2D eigenvalue weighted by Gasteiger charge is -2.09. The quantitative estimate of drug-likeness (QED) is 0.807. The molecule has 0 saturated carbocycles. The van der Waals surface area contributed by atoms with E-state index in [0.29, 0.717) is 13.0 Å². The molecular formula is C14H21NO3. The Hall–Kier alpha value is -1.55. The summed E-state index contributed by atoms with van der Waals surface area (Å²) in [5.41, 5.74) is 2.39. The summed E-state index contributed by atoms with van der Waals surface area (Å²) in [5, 5.41) is 11.6. The summed E-state index contributed by atoms with van der Waals surface area (Å²) in [6.07, 6.45) is -0.228. The molecule has 2 N–H and O–H groups in total. The third-order valence-corrected chi connectivity index (χ3v) is 2.67. The van der Waals surface area contributed by atoms with Crippen molar-refractivity contribution < 1.29 is 14.6 Å². The molecule has 0 saturated heterocycles. The highest BCUT2D eigenvalue weighted by Gasteiger charge is 2.04. The van der Waals surface area contributed by atoms with Crippen LogP contribution >= 0.6 is 0 Å². The standard InChI is InChI=1S/C14H21NO3/c1-10-4-5-13(8-11(10)2)18-7-6-14(17)15-9-12(3)16/h4-5,8,12,16H,6-7,9H2,1-3H3,(H,15,17). The molecule has 0 heterocycles. The average Bonchev–Trinajstić information content (AvgIpc) is 2.31. The molecule has 18 heavy (non-hydrogen) atoms. The molecule has 1 unspecified atom stereocenters. The molecule has 1 rings (SSSR count). The van der Waals surface area contributed by atoms with Crippen molar-refractivity contribution in [2.24, 2.45) is 0 Å². The largest absolute Gasteiger partial charge is 0.493 e. The number of carbonyl (C=O) groups is 1. The summed E-state index contributed by atoms with van der Waals surface area (Å²) in [7, 11) is 0. The zero-order valence-corrected chi connectivity index (χ0v) is 11.2. The van der Waals surface area contributed by atoms with E-state index in [4.69, 9.17) is 9.84 Å². The summed E-state index contributed by atoms with van der Waals surface area (Å²) < 4.78 is 5.50. The SMILES string of the molecule is Cc1ccc(OCCC(=O)NCC(C)O)cc1C. The van der Waals surface area contributed by atoms with Gasteiger partial charge in [-0.1, -0.05) is 6.07 Å². The highest BCUT2D eigenvalue weighted by atomic mass is 16.5. The van der Waals surface area contributed by atoms with Gasteiger partial charge in [0.25, 0.3) is 0 Å². The lowest BCUT2D eigenvalue weighted by molar-refractivity contribution is -0.122. The molecule has 1 atom stereocenters. The molecule has 0 fully saturated rings. The second-order valence-corrected chi connectivity index (χ2v) is 4.50. The van der Waals surface area contributed by atoms with E-state index in [-0.39, 0.29) is 12.5 Å². The fourth-order valence-electron chi connectivity index (χ4n) is 1.42. The molecule has 100 valence electrons. The number of aryl methyl sites for hydroxylation is 2. The number of rotatable bonds is 6. The second-order valence-electron chi connectivity index (χ2n) is 4.50. The van der Waals surface area contributed by atoms with Crippen LogP contribution in [-0.4, -0.2) is 30.3 Å². The van der Waals surface area contributed by atoms with E-state index in [2.05, 4.69) is 5.32 Å². The number of carbonyl (C=O) groups excluding carboxylic acids is 1. The topological polar surface area (TPSA) is 58.6 Å². The van der Waals surface area contributed by atoms with E-state index in [1.165, 1.54) is 11.1 Å². The van der Waals surface area contributed by atoms with Gasteiger partial charge in [0.05, 0.1) is 19.1 Å². The van der Waals surface area contributed by atoms with Crippen LogP contribution in [0.2, 0.25) is 0 Å². The Morgan fingerprint density at radius 3 is 2.72 bits per heavy atom. The van der Waals surface area contributed by atoms with Gasteiger partial charge in [0.2, 0.25) is 5.91 Å². The van der Waals surface area contributed by atoms with Crippen LogP contribution in [0.25, 0.3) is 0 Å². The van der Waals surface area contributed by atoms with Gasteiger partial charge in [-0.25, -0.2) is 0 Å². The number of aliphatic hydroxyl groups is 1. The van der Waals surface area contributed by atoms with E-state index in [1.807, 2.05) is 32.0 Å². The maximum absolute atomic E-state index is 11.4. The van der Waals surface area contributed by atoms with Crippen LogP contribution in [0.4, 0.5) is 0 Å². The fourth-order valence-corrected chi connectivity index (χ4v) is 1.42. The third-order valence-electron chi connectivity index (χ3n) is 2.67. The minimum absolute atomic E-state index is 0.111. The van der Waals surface area contributed by atoms with Crippen LogP contribution in [-0.2, 0) is 4.79 Å². The van der Waals surface area contributed by atoms with Crippen molar-refractivity contribution in [1.82, 2.24) is 5.32 Å². The van der Waals surface area contributed by atoms with Crippen molar-refractivity contribution in [1.29, 1.82) is 0 Å². The van der Waals surface area contributed by atoms with E-state index < -0.39 is 6.10 Å². The van der Waals surface area contributed by atoms with E-state index in [1.54, 1.807) is 6.92 Å². The van der Waals surface area contributed by atoms with Gasteiger partial charge in [0.15, 0.2) is 0 Å². The Kier molecular flexibility index (Phi) is 5.65. The van der Waals surface area contributed by atoms with Crippen LogP contribution in [0.3, 0.4) is 0 Å². The first-order chi connectivity index (χ1) is 8.49. The van der Waals surface area contributed by atoms with Crippen molar-refractivity contribution in [3.8, 4) is 5.75 Å². The van der Waals surface area contributed by atoms with Crippen LogP contribution < -0.4 is 10.1 Å². The van der Waals surface area contributed by atoms with Gasteiger partial charge in [0, 0.05) is 6.54 Å². The Labute approximate surface area is 108 Å². The third kappa shape index (κ3) is 5.19. The Bertz CT molecular complexity index is 402. The Balaban J connectivity index is 2.28. The summed E-state index contributed by atoms with van der Waals surface area (Å²) in [4.78, 5) is 11.4. The zero-order valence-electron chi connectivity index (χ0n) is 11.2. The summed E-state index contributed by atoms with van der Waals surface area (Å²) in [6, 6.07) is 5.86. The smallest absolute Gasteiger partial charge is 0.223 e. The molecule has 0 aliphatic rings. The molecule has 0 aliphatic carbocycles. The van der Waals surface area contributed by atoms with Crippen molar-refractivity contribution in [2.45, 2.75) is 33.3 Å². The fraction of sp³-hybridized carbons (Fsp3) is 0.500. The number of aliphatic hydroxyl groups excluding tert-OH is 1. The molecule has 0 radical (unpaired) electrons. The van der Waals surface area contributed by atoms with Crippen LogP contribution in [0.15, 0.2) is 18.2 Å². The highest BCUT2D eigenvalue weighted by Crippen LogP contribution is 2.16. The maximum atomic E-state index is 11.4. The van der Waals surface area contributed by atoms with Crippen molar-refractivity contribution in [2.75, 3.05) is 13.2 Å². The second kappa shape index (κ2) is 7.01. The number of ether oxygens (including phenoxy) is 1. The number of amides is 1. The number of hydrogen-bond donors (Lipinski definition) is 2. The Morgan fingerprint density at radius 2 is 2.11 bits per heavy atom. The van der Waals surface area contributed by atoms with Crippen LogP contribution in [0.1, 0.15) is 24.5 Å². The predicted molar refractivity (Wildman–Crippen MR) is 70.7 cm³/mol.